The molecule has 2 heterocycles. The number of thiophene rings is 1. The molecule has 0 aliphatic rings. The van der Waals surface area contributed by atoms with Crippen LogP contribution in [0.2, 0.25) is 0 Å². The van der Waals surface area contributed by atoms with Crippen LogP contribution in [0.25, 0.3) is 20.7 Å². The monoisotopic (exact) mass is 488 g/mol. The number of nitrogens with zero attached hydrogens (tertiary/aromatic N) is 2. The molecule has 1 atom stereocenters. The summed E-state index contributed by atoms with van der Waals surface area (Å²) in [5.74, 6) is -0.350. The highest BCUT2D eigenvalue weighted by Gasteiger charge is 2.13. The Balaban J connectivity index is 1.45. The Hall–Kier alpha value is -2.39. The van der Waals surface area contributed by atoms with Gasteiger partial charge in [0.1, 0.15) is 10.5 Å². The quantitative estimate of drug-likeness (QED) is 0.412. The molecule has 4 rings (SSSR count). The zero-order valence-corrected chi connectivity index (χ0v) is 18.2. The molecule has 2 aromatic heterocycles. The highest BCUT2D eigenvalue weighted by Crippen LogP contribution is 2.31. The van der Waals surface area contributed by atoms with Gasteiger partial charge < -0.3 is 9.84 Å². The van der Waals surface area contributed by atoms with Crippen molar-refractivity contribution in [3.05, 3.63) is 87.1 Å². The second kappa shape index (κ2) is 9.18. The number of aliphatic hydroxyl groups excluding tert-OH is 1. The molecule has 30 heavy (non-hydrogen) atoms. The van der Waals surface area contributed by atoms with E-state index in [0.717, 1.165) is 14.9 Å². The summed E-state index contributed by atoms with van der Waals surface area (Å²) in [7, 11) is 0. The summed E-state index contributed by atoms with van der Waals surface area (Å²) in [6.45, 7) is 0.0787. The predicted octanol–water partition coefficient (Wildman–Crippen LogP) is 4.60. The third-order valence-corrected chi connectivity index (χ3v) is 6.26. The van der Waals surface area contributed by atoms with Gasteiger partial charge >= 0.3 is 0 Å². The maximum absolute atomic E-state index is 13.6. The third kappa shape index (κ3) is 4.67. The molecule has 0 unspecified atom stereocenters. The SMILES string of the molecule is O=c1c2sc(-c3ccc(Br)cc3)cc2ncn1C[C@@H](O)COCc1ccccc1F. The number of benzene rings is 2. The summed E-state index contributed by atoms with van der Waals surface area (Å²) in [6.07, 6.45) is 0.516. The van der Waals surface area contributed by atoms with Gasteiger partial charge in [0.2, 0.25) is 0 Å². The molecule has 0 radical (unpaired) electrons. The maximum Gasteiger partial charge on any atom is 0.271 e. The number of hydrogen-bond acceptors (Lipinski definition) is 5. The molecule has 2 aromatic carbocycles. The molecule has 0 bridgehead atoms. The van der Waals surface area contributed by atoms with Crippen molar-refractivity contribution < 1.29 is 14.2 Å². The fourth-order valence-electron chi connectivity index (χ4n) is 3.03. The normalized spacial score (nSPS) is 12.4. The van der Waals surface area contributed by atoms with E-state index < -0.39 is 6.10 Å². The summed E-state index contributed by atoms with van der Waals surface area (Å²) in [5, 5.41) is 10.2. The van der Waals surface area contributed by atoms with Gasteiger partial charge in [-0.3, -0.25) is 9.36 Å². The van der Waals surface area contributed by atoms with Gasteiger partial charge in [0, 0.05) is 14.9 Å². The van der Waals surface area contributed by atoms with Crippen molar-refractivity contribution in [3.8, 4) is 10.4 Å². The van der Waals surface area contributed by atoms with E-state index in [1.165, 1.54) is 28.3 Å². The number of halogens is 2. The van der Waals surface area contributed by atoms with E-state index in [0.29, 0.717) is 15.8 Å². The van der Waals surface area contributed by atoms with Crippen LogP contribution in [0, 0.1) is 5.82 Å². The fourth-order valence-corrected chi connectivity index (χ4v) is 4.36. The molecule has 0 spiro atoms. The van der Waals surface area contributed by atoms with Crippen molar-refractivity contribution in [2.24, 2.45) is 0 Å². The highest BCUT2D eigenvalue weighted by molar-refractivity contribution is 9.10. The van der Waals surface area contributed by atoms with E-state index in [1.807, 2.05) is 30.3 Å². The zero-order valence-electron chi connectivity index (χ0n) is 15.8. The van der Waals surface area contributed by atoms with Gasteiger partial charge in [-0.25, -0.2) is 9.37 Å². The summed E-state index contributed by atoms with van der Waals surface area (Å²) in [6, 6.07) is 16.1. The second-order valence-corrected chi connectivity index (χ2v) is 8.76. The lowest BCUT2D eigenvalue weighted by molar-refractivity contribution is 0.0189. The van der Waals surface area contributed by atoms with E-state index in [1.54, 1.807) is 18.2 Å². The van der Waals surface area contributed by atoms with Gasteiger partial charge in [0.25, 0.3) is 5.56 Å². The number of ether oxygens (including phenoxy) is 1. The molecule has 5 nitrogen and oxygen atoms in total. The topological polar surface area (TPSA) is 64.4 Å². The van der Waals surface area contributed by atoms with Crippen LogP contribution in [-0.2, 0) is 17.9 Å². The van der Waals surface area contributed by atoms with Crippen molar-refractivity contribution in [2.45, 2.75) is 19.3 Å². The van der Waals surface area contributed by atoms with Crippen LogP contribution < -0.4 is 5.56 Å². The Kier molecular flexibility index (Phi) is 6.38. The van der Waals surface area contributed by atoms with Crippen LogP contribution in [0.1, 0.15) is 5.56 Å². The van der Waals surface area contributed by atoms with Crippen molar-refractivity contribution in [2.75, 3.05) is 6.61 Å². The number of aliphatic hydroxyl groups is 1. The van der Waals surface area contributed by atoms with Crippen molar-refractivity contribution in [1.82, 2.24) is 9.55 Å². The Labute approximate surface area is 184 Å². The first-order valence-electron chi connectivity index (χ1n) is 9.25. The first kappa shape index (κ1) is 20.9. The Morgan fingerprint density at radius 2 is 1.97 bits per heavy atom. The molecule has 0 saturated heterocycles. The minimum Gasteiger partial charge on any atom is -0.389 e. The summed E-state index contributed by atoms with van der Waals surface area (Å²) < 4.78 is 21.9. The first-order chi connectivity index (χ1) is 14.5. The lowest BCUT2D eigenvalue weighted by Crippen LogP contribution is -2.29. The minimum atomic E-state index is -0.917. The molecule has 8 heteroatoms. The van der Waals surface area contributed by atoms with Gasteiger partial charge in [-0.1, -0.05) is 46.3 Å². The molecule has 1 N–H and O–H groups in total. The van der Waals surface area contributed by atoms with E-state index in [2.05, 4.69) is 20.9 Å². The lowest BCUT2D eigenvalue weighted by Gasteiger charge is -2.13. The molecule has 4 aromatic rings. The Morgan fingerprint density at radius 1 is 1.20 bits per heavy atom. The Morgan fingerprint density at radius 3 is 2.73 bits per heavy atom. The summed E-state index contributed by atoms with van der Waals surface area (Å²) in [4.78, 5) is 18.1. The number of hydrogen-bond donors (Lipinski definition) is 1. The zero-order chi connectivity index (χ0) is 21.1. The fraction of sp³-hybridized carbons (Fsp3) is 0.182. The van der Waals surface area contributed by atoms with E-state index in [-0.39, 0.29) is 31.1 Å². The molecule has 0 fully saturated rings. The molecule has 0 aliphatic carbocycles. The van der Waals surface area contributed by atoms with Crippen LogP contribution in [0.3, 0.4) is 0 Å². The molecule has 0 aliphatic heterocycles. The standard InChI is InChI=1S/C22H18BrFN2O3S/c23-16-7-5-14(6-8-16)20-9-19-21(30-20)22(28)26(13-25-19)10-17(27)12-29-11-15-3-1-2-4-18(15)24/h1-9,13,17,27H,10-12H2/t17-/m1/s1. The van der Waals surface area contributed by atoms with Gasteiger partial charge in [-0.15, -0.1) is 11.3 Å². The predicted molar refractivity (Wildman–Crippen MR) is 119 cm³/mol. The Bertz CT molecular complexity index is 1220. The van der Waals surface area contributed by atoms with Gasteiger partial charge in [-0.2, -0.15) is 0 Å². The average molecular weight is 489 g/mol. The van der Waals surface area contributed by atoms with Crippen LogP contribution in [-0.4, -0.2) is 27.4 Å². The third-order valence-electron chi connectivity index (χ3n) is 4.57. The second-order valence-electron chi connectivity index (χ2n) is 6.79. The largest absolute Gasteiger partial charge is 0.389 e. The van der Waals surface area contributed by atoms with Crippen LogP contribution in [0.15, 0.2) is 70.2 Å². The number of rotatable bonds is 7. The summed E-state index contributed by atoms with van der Waals surface area (Å²) in [5.41, 5.74) is 1.85. The molecule has 0 saturated carbocycles. The van der Waals surface area contributed by atoms with E-state index in [4.69, 9.17) is 4.74 Å². The average Bonchev–Trinajstić information content (AvgIpc) is 3.17. The van der Waals surface area contributed by atoms with Gasteiger partial charge in [-0.05, 0) is 29.8 Å². The molecular formula is C22H18BrFN2O3S. The van der Waals surface area contributed by atoms with Crippen LogP contribution in [0.5, 0.6) is 0 Å². The van der Waals surface area contributed by atoms with Crippen LogP contribution in [0.4, 0.5) is 4.39 Å². The first-order valence-corrected chi connectivity index (χ1v) is 10.9. The van der Waals surface area contributed by atoms with E-state index >= 15 is 0 Å². The van der Waals surface area contributed by atoms with Crippen LogP contribution >= 0.6 is 27.3 Å². The van der Waals surface area contributed by atoms with Crippen molar-refractivity contribution in [3.63, 3.8) is 0 Å². The number of fused-ring (bicyclic) bond motifs is 1. The maximum atomic E-state index is 13.6. The van der Waals surface area contributed by atoms with Gasteiger partial charge in [0.05, 0.1) is 37.7 Å². The summed E-state index contributed by atoms with van der Waals surface area (Å²) >= 11 is 4.79. The van der Waals surface area contributed by atoms with Gasteiger partial charge in [0.15, 0.2) is 0 Å². The van der Waals surface area contributed by atoms with Crippen molar-refractivity contribution in [1.29, 1.82) is 0 Å². The van der Waals surface area contributed by atoms with E-state index in [9.17, 15) is 14.3 Å². The van der Waals surface area contributed by atoms with Crippen molar-refractivity contribution >= 4 is 37.5 Å². The minimum absolute atomic E-state index is 0.0204. The molecule has 0 amide bonds. The lowest BCUT2D eigenvalue weighted by atomic mass is 10.2. The number of aromatic nitrogens is 2. The molecule has 154 valence electrons. The smallest absolute Gasteiger partial charge is 0.271 e. The molecular weight excluding hydrogens is 471 g/mol. The highest BCUT2D eigenvalue weighted by atomic mass is 79.9.